The van der Waals surface area contributed by atoms with Gasteiger partial charge < -0.3 is 15.4 Å². The van der Waals surface area contributed by atoms with Crippen LogP contribution >= 0.6 is 12.2 Å². The molecule has 0 saturated heterocycles. The molecule has 0 saturated carbocycles. The van der Waals surface area contributed by atoms with E-state index in [0.29, 0.717) is 11.7 Å². The highest BCUT2D eigenvalue weighted by atomic mass is 32.1. The number of ether oxygens (including phenoxy) is 1. The third-order valence-corrected chi connectivity index (χ3v) is 5.15. The number of nitrogens with zero attached hydrogens (tertiary/aromatic N) is 2. The molecule has 5 nitrogen and oxygen atoms in total. The summed E-state index contributed by atoms with van der Waals surface area (Å²) >= 11 is 5.54. The zero-order valence-electron chi connectivity index (χ0n) is 17.5. The Morgan fingerprint density at radius 2 is 1.71 bits per heavy atom. The number of rotatable bonds is 6. The number of hydrogen-bond acceptors (Lipinski definition) is 3. The molecule has 4 rings (SSSR count). The maximum Gasteiger partial charge on any atom is 0.171 e. The molecule has 0 unspecified atom stereocenters. The summed E-state index contributed by atoms with van der Waals surface area (Å²) in [4.78, 5) is 0. The molecule has 3 aromatic carbocycles. The summed E-state index contributed by atoms with van der Waals surface area (Å²) < 4.78 is 7.33. The quantitative estimate of drug-likeness (QED) is 0.406. The molecule has 0 amide bonds. The summed E-state index contributed by atoms with van der Waals surface area (Å²) in [6.07, 6.45) is 2.04. The van der Waals surface area contributed by atoms with E-state index in [2.05, 4.69) is 22.8 Å². The number of methoxy groups -OCH3 is 1. The van der Waals surface area contributed by atoms with Gasteiger partial charge in [0.1, 0.15) is 5.75 Å². The predicted octanol–water partition coefficient (Wildman–Crippen LogP) is 5.34. The Morgan fingerprint density at radius 1 is 1.00 bits per heavy atom. The predicted molar refractivity (Wildman–Crippen MR) is 130 cm³/mol. The third kappa shape index (κ3) is 4.92. The molecule has 31 heavy (non-hydrogen) atoms. The summed E-state index contributed by atoms with van der Waals surface area (Å²) in [6.45, 7) is 2.57. The molecule has 0 aliphatic heterocycles. The molecule has 1 aromatic heterocycles. The van der Waals surface area contributed by atoms with Crippen LogP contribution in [0.4, 0.5) is 5.69 Å². The minimum atomic E-state index is 0.523. The van der Waals surface area contributed by atoms with Crippen LogP contribution in [-0.4, -0.2) is 22.0 Å². The first-order valence-electron chi connectivity index (χ1n) is 10.0. The Hall–Kier alpha value is -3.64. The molecule has 6 heteroatoms. The molecular formula is C25H24N4OS. The molecule has 0 aliphatic rings. The van der Waals surface area contributed by atoms with Gasteiger partial charge in [0.05, 0.1) is 24.2 Å². The fourth-order valence-electron chi connectivity index (χ4n) is 3.35. The lowest BCUT2D eigenvalue weighted by atomic mass is 10.1. The number of aryl methyl sites for hydroxylation is 1. The van der Waals surface area contributed by atoms with Crippen molar-refractivity contribution >= 4 is 23.0 Å². The van der Waals surface area contributed by atoms with Crippen LogP contribution in [0.5, 0.6) is 5.75 Å². The molecule has 0 spiro atoms. The van der Waals surface area contributed by atoms with Gasteiger partial charge in [0.15, 0.2) is 5.11 Å². The van der Waals surface area contributed by atoms with E-state index in [-0.39, 0.29) is 0 Å². The molecule has 0 fully saturated rings. The molecule has 0 bridgehead atoms. The molecule has 2 N–H and O–H groups in total. The Bertz CT molecular complexity index is 1170. The second kappa shape index (κ2) is 9.45. The fraction of sp³-hybridized carbons (Fsp3) is 0.120. The molecule has 156 valence electrons. The highest BCUT2D eigenvalue weighted by Crippen LogP contribution is 2.26. The van der Waals surface area contributed by atoms with Crippen molar-refractivity contribution in [3.05, 3.63) is 96.2 Å². The minimum Gasteiger partial charge on any atom is -0.495 e. The van der Waals surface area contributed by atoms with Crippen molar-refractivity contribution < 1.29 is 4.74 Å². The van der Waals surface area contributed by atoms with Gasteiger partial charge in [-0.05, 0) is 49.0 Å². The van der Waals surface area contributed by atoms with Crippen LogP contribution in [0.1, 0.15) is 11.1 Å². The van der Waals surface area contributed by atoms with Gasteiger partial charge in [-0.15, -0.1) is 0 Å². The van der Waals surface area contributed by atoms with Crippen molar-refractivity contribution in [2.45, 2.75) is 13.5 Å². The lowest BCUT2D eigenvalue weighted by Gasteiger charge is -2.14. The minimum absolute atomic E-state index is 0.523. The fourth-order valence-corrected chi connectivity index (χ4v) is 3.53. The van der Waals surface area contributed by atoms with Crippen LogP contribution in [0.15, 0.2) is 85.1 Å². The average Bonchev–Trinajstić information content (AvgIpc) is 3.23. The third-order valence-electron chi connectivity index (χ3n) is 4.90. The number of nitrogens with one attached hydrogen (secondary N) is 2. The van der Waals surface area contributed by atoms with E-state index >= 15 is 0 Å². The summed E-state index contributed by atoms with van der Waals surface area (Å²) in [5, 5.41) is 11.9. The van der Waals surface area contributed by atoms with Crippen LogP contribution in [0, 0.1) is 6.92 Å². The van der Waals surface area contributed by atoms with Gasteiger partial charge in [0.2, 0.25) is 0 Å². The maximum atomic E-state index is 5.54. The Balaban J connectivity index is 1.56. The van der Waals surface area contributed by atoms with Crippen molar-refractivity contribution in [3.63, 3.8) is 0 Å². The lowest BCUT2D eigenvalue weighted by molar-refractivity contribution is 0.417. The van der Waals surface area contributed by atoms with E-state index in [1.165, 1.54) is 0 Å². The molecule has 1 heterocycles. The first-order valence-corrected chi connectivity index (χ1v) is 10.4. The van der Waals surface area contributed by atoms with Gasteiger partial charge in [0, 0.05) is 23.9 Å². The topological polar surface area (TPSA) is 51.1 Å². The van der Waals surface area contributed by atoms with Crippen molar-refractivity contribution in [2.24, 2.45) is 0 Å². The molecule has 0 atom stereocenters. The van der Waals surface area contributed by atoms with Gasteiger partial charge >= 0.3 is 0 Å². The smallest absolute Gasteiger partial charge is 0.171 e. The van der Waals surface area contributed by atoms with E-state index < -0.39 is 0 Å². The summed E-state index contributed by atoms with van der Waals surface area (Å²) in [7, 11) is 1.65. The van der Waals surface area contributed by atoms with Gasteiger partial charge in [-0.2, -0.15) is 5.10 Å². The number of thiocarbonyl (C=S) groups is 1. The van der Waals surface area contributed by atoms with Crippen LogP contribution in [0.3, 0.4) is 0 Å². The van der Waals surface area contributed by atoms with Crippen molar-refractivity contribution in [1.29, 1.82) is 0 Å². The number of anilines is 1. The highest BCUT2D eigenvalue weighted by molar-refractivity contribution is 7.80. The van der Waals surface area contributed by atoms with Gasteiger partial charge in [0.25, 0.3) is 0 Å². The lowest BCUT2D eigenvalue weighted by Crippen LogP contribution is -2.28. The number of aromatic nitrogens is 2. The van der Waals surface area contributed by atoms with Gasteiger partial charge in [-0.25, -0.2) is 4.68 Å². The highest BCUT2D eigenvalue weighted by Gasteiger charge is 2.13. The number of para-hydroxylation sites is 1. The van der Waals surface area contributed by atoms with Crippen LogP contribution in [-0.2, 0) is 6.54 Å². The zero-order chi connectivity index (χ0) is 21.6. The molecular weight excluding hydrogens is 404 g/mol. The van der Waals surface area contributed by atoms with E-state index in [9.17, 15) is 0 Å². The Kier molecular flexibility index (Phi) is 6.29. The first-order chi connectivity index (χ1) is 15.1. The van der Waals surface area contributed by atoms with Crippen LogP contribution in [0.25, 0.3) is 16.9 Å². The molecule has 4 aromatic rings. The SMILES string of the molecule is COc1ccc(C)cc1NC(=S)NCc1cn(-c2ccccc2)nc1-c1ccccc1. The van der Waals surface area contributed by atoms with Gasteiger partial charge in [-0.3, -0.25) is 0 Å². The standard InChI is InChI=1S/C25H24N4OS/c1-18-13-14-23(30-2)22(15-18)27-25(31)26-16-20-17-29(21-11-7-4-8-12-21)28-24(20)19-9-5-3-6-10-19/h3-15,17H,16H2,1-2H3,(H2,26,27,31). The maximum absolute atomic E-state index is 5.54. The summed E-state index contributed by atoms with van der Waals surface area (Å²) in [5.74, 6) is 0.747. The number of benzene rings is 3. The zero-order valence-corrected chi connectivity index (χ0v) is 18.3. The van der Waals surface area contributed by atoms with Crippen LogP contribution < -0.4 is 15.4 Å². The van der Waals surface area contributed by atoms with E-state index in [1.807, 2.05) is 84.5 Å². The Labute approximate surface area is 187 Å². The Morgan fingerprint density at radius 3 is 2.42 bits per heavy atom. The van der Waals surface area contributed by atoms with E-state index in [0.717, 1.165) is 39.5 Å². The monoisotopic (exact) mass is 428 g/mol. The van der Waals surface area contributed by atoms with E-state index in [4.69, 9.17) is 22.1 Å². The molecule has 0 radical (unpaired) electrons. The van der Waals surface area contributed by atoms with Crippen molar-refractivity contribution in [3.8, 4) is 22.7 Å². The second-order valence-corrected chi connectivity index (χ2v) is 7.57. The van der Waals surface area contributed by atoms with Gasteiger partial charge in [-0.1, -0.05) is 54.6 Å². The number of hydrogen-bond donors (Lipinski definition) is 2. The largest absolute Gasteiger partial charge is 0.495 e. The first kappa shape index (κ1) is 20.6. The van der Waals surface area contributed by atoms with E-state index in [1.54, 1.807) is 7.11 Å². The normalized spacial score (nSPS) is 10.5. The summed E-state index contributed by atoms with van der Waals surface area (Å²) in [5.41, 5.74) is 6.01. The van der Waals surface area contributed by atoms with Crippen LogP contribution in [0.2, 0.25) is 0 Å². The van der Waals surface area contributed by atoms with Crippen molar-refractivity contribution in [2.75, 3.05) is 12.4 Å². The van der Waals surface area contributed by atoms with Crippen molar-refractivity contribution in [1.82, 2.24) is 15.1 Å². The average molecular weight is 429 g/mol. The molecule has 0 aliphatic carbocycles. The second-order valence-electron chi connectivity index (χ2n) is 7.16. The summed E-state index contributed by atoms with van der Waals surface area (Å²) in [6, 6.07) is 26.2.